The standard InChI is InChI=1S/C24H44O4/c1-5-10-19(7-3)14-16-27-23(25)21-12-9-13-22(18-21)24(26)28-17-15-20(8-4)11-6-2/h19-22H,5-18H2,1-4H3. The third-order valence-electron chi connectivity index (χ3n) is 6.43. The average Bonchev–Trinajstić information content (AvgIpc) is 2.72. The Morgan fingerprint density at radius 3 is 1.54 bits per heavy atom. The van der Waals surface area contributed by atoms with Crippen LogP contribution >= 0.6 is 0 Å². The molecule has 0 aromatic carbocycles. The van der Waals surface area contributed by atoms with Crippen LogP contribution in [0.15, 0.2) is 0 Å². The first kappa shape index (κ1) is 25.0. The number of rotatable bonds is 14. The van der Waals surface area contributed by atoms with Crippen LogP contribution in [0.5, 0.6) is 0 Å². The Bertz CT molecular complexity index is 396. The van der Waals surface area contributed by atoms with Gasteiger partial charge in [-0.05, 0) is 43.9 Å². The minimum atomic E-state index is -0.138. The highest BCUT2D eigenvalue weighted by Crippen LogP contribution is 2.31. The van der Waals surface area contributed by atoms with E-state index in [2.05, 4.69) is 27.7 Å². The zero-order valence-electron chi connectivity index (χ0n) is 18.8. The maximum atomic E-state index is 12.4. The number of carbonyl (C=O) groups is 2. The van der Waals surface area contributed by atoms with Gasteiger partial charge in [0.15, 0.2) is 0 Å². The zero-order valence-corrected chi connectivity index (χ0v) is 18.8. The van der Waals surface area contributed by atoms with Crippen LogP contribution < -0.4 is 0 Å². The van der Waals surface area contributed by atoms with Crippen LogP contribution in [0.25, 0.3) is 0 Å². The maximum absolute atomic E-state index is 12.4. The molecule has 0 spiro atoms. The van der Waals surface area contributed by atoms with Crippen molar-refractivity contribution in [2.24, 2.45) is 23.7 Å². The summed E-state index contributed by atoms with van der Waals surface area (Å²) >= 11 is 0. The van der Waals surface area contributed by atoms with E-state index in [1.54, 1.807) is 0 Å². The number of carbonyl (C=O) groups excluding carboxylic acids is 2. The quantitative estimate of drug-likeness (QED) is 0.323. The van der Waals surface area contributed by atoms with Crippen LogP contribution in [-0.4, -0.2) is 25.2 Å². The molecule has 164 valence electrons. The van der Waals surface area contributed by atoms with Crippen molar-refractivity contribution in [3.05, 3.63) is 0 Å². The number of hydrogen-bond acceptors (Lipinski definition) is 4. The van der Waals surface area contributed by atoms with Gasteiger partial charge in [-0.25, -0.2) is 0 Å². The van der Waals surface area contributed by atoms with Crippen molar-refractivity contribution in [1.82, 2.24) is 0 Å². The lowest BCUT2D eigenvalue weighted by atomic mass is 9.81. The molecule has 0 aromatic heterocycles. The van der Waals surface area contributed by atoms with Crippen LogP contribution in [0.1, 0.15) is 105 Å². The fourth-order valence-corrected chi connectivity index (χ4v) is 4.43. The molecular weight excluding hydrogens is 352 g/mol. The molecule has 1 saturated carbocycles. The van der Waals surface area contributed by atoms with Gasteiger partial charge < -0.3 is 9.47 Å². The SMILES string of the molecule is CCCC(CC)CCOC(=O)C1CCCC(C(=O)OCCC(CC)CCC)C1. The zero-order chi connectivity index (χ0) is 20.8. The highest BCUT2D eigenvalue weighted by atomic mass is 16.5. The van der Waals surface area contributed by atoms with Crippen molar-refractivity contribution < 1.29 is 19.1 Å². The van der Waals surface area contributed by atoms with Crippen molar-refractivity contribution in [3.8, 4) is 0 Å². The van der Waals surface area contributed by atoms with Gasteiger partial charge in [0.1, 0.15) is 0 Å². The number of hydrogen-bond donors (Lipinski definition) is 0. The van der Waals surface area contributed by atoms with E-state index >= 15 is 0 Å². The van der Waals surface area contributed by atoms with Crippen molar-refractivity contribution in [3.63, 3.8) is 0 Å². The summed E-state index contributed by atoms with van der Waals surface area (Å²) in [5, 5.41) is 0. The van der Waals surface area contributed by atoms with E-state index in [9.17, 15) is 9.59 Å². The van der Waals surface area contributed by atoms with Crippen molar-refractivity contribution in [2.75, 3.05) is 13.2 Å². The van der Waals surface area contributed by atoms with Gasteiger partial charge in [0, 0.05) is 0 Å². The Morgan fingerprint density at radius 2 is 1.18 bits per heavy atom. The summed E-state index contributed by atoms with van der Waals surface area (Å²) in [4.78, 5) is 24.9. The fourth-order valence-electron chi connectivity index (χ4n) is 4.43. The molecular formula is C24H44O4. The summed E-state index contributed by atoms with van der Waals surface area (Å²) in [5.74, 6) is 0.788. The molecule has 4 unspecified atom stereocenters. The van der Waals surface area contributed by atoms with Gasteiger partial charge >= 0.3 is 11.9 Å². The molecule has 4 nitrogen and oxygen atoms in total. The number of ether oxygens (including phenoxy) is 2. The molecule has 4 heteroatoms. The summed E-state index contributed by atoms with van der Waals surface area (Å²) < 4.78 is 11.1. The van der Waals surface area contributed by atoms with Crippen LogP contribution in [0.2, 0.25) is 0 Å². The monoisotopic (exact) mass is 396 g/mol. The average molecular weight is 397 g/mol. The van der Waals surface area contributed by atoms with Crippen molar-refractivity contribution in [1.29, 1.82) is 0 Å². The summed E-state index contributed by atoms with van der Waals surface area (Å²) in [6, 6.07) is 0. The van der Waals surface area contributed by atoms with E-state index in [1.165, 1.54) is 25.7 Å². The van der Waals surface area contributed by atoms with Crippen LogP contribution in [0.4, 0.5) is 0 Å². The predicted octanol–water partition coefficient (Wildman–Crippen LogP) is 6.31. The second kappa shape index (κ2) is 14.9. The molecule has 1 rings (SSSR count). The van der Waals surface area contributed by atoms with E-state index in [0.717, 1.165) is 44.9 Å². The largest absolute Gasteiger partial charge is 0.465 e. The van der Waals surface area contributed by atoms with E-state index < -0.39 is 0 Å². The lowest BCUT2D eigenvalue weighted by Crippen LogP contribution is -2.30. The molecule has 0 N–H and O–H groups in total. The van der Waals surface area contributed by atoms with E-state index in [-0.39, 0.29) is 23.8 Å². The van der Waals surface area contributed by atoms with Gasteiger partial charge in [-0.1, -0.05) is 72.6 Å². The van der Waals surface area contributed by atoms with E-state index in [1.807, 2.05) is 0 Å². The Balaban J connectivity index is 2.33. The number of esters is 2. The highest BCUT2D eigenvalue weighted by molar-refractivity contribution is 5.76. The van der Waals surface area contributed by atoms with Crippen LogP contribution in [0, 0.1) is 23.7 Å². The second-order valence-electron chi connectivity index (χ2n) is 8.60. The first-order valence-corrected chi connectivity index (χ1v) is 11.9. The maximum Gasteiger partial charge on any atom is 0.308 e. The van der Waals surface area contributed by atoms with E-state index in [0.29, 0.717) is 31.5 Å². The van der Waals surface area contributed by atoms with Gasteiger partial charge in [-0.15, -0.1) is 0 Å². The summed E-state index contributed by atoms with van der Waals surface area (Å²) in [7, 11) is 0. The molecule has 28 heavy (non-hydrogen) atoms. The molecule has 0 saturated heterocycles. The second-order valence-corrected chi connectivity index (χ2v) is 8.60. The van der Waals surface area contributed by atoms with Crippen molar-refractivity contribution >= 4 is 11.9 Å². The topological polar surface area (TPSA) is 52.6 Å². The molecule has 4 atom stereocenters. The minimum Gasteiger partial charge on any atom is -0.465 e. The fraction of sp³-hybridized carbons (Fsp3) is 0.917. The molecule has 0 amide bonds. The van der Waals surface area contributed by atoms with Gasteiger partial charge in [0.25, 0.3) is 0 Å². The predicted molar refractivity (Wildman–Crippen MR) is 114 cm³/mol. The van der Waals surface area contributed by atoms with E-state index in [4.69, 9.17) is 9.47 Å². The highest BCUT2D eigenvalue weighted by Gasteiger charge is 2.33. The molecule has 1 aliphatic rings. The molecule has 0 bridgehead atoms. The summed E-state index contributed by atoms with van der Waals surface area (Å²) in [5.41, 5.74) is 0. The molecule has 0 aliphatic heterocycles. The van der Waals surface area contributed by atoms with Crippen LogP contribution in [-0.2, 0) is 19.1 Å². The summed E-state index contributed by atoms with van der Waals surface area (Å²) in [6.07, 6.45) is 12.1. The molecule has 0 radical (unpaired) electrons. The van der Waals surface area contributed by atoms with Gasteiger partial charge in [-0.3, -0.25) is 9.59 Å². The Labute approximate surface area is 173 Å². The van der Waals surface area contributed by atoms with Gasteiger partial charge in [0.05, 0.1) is 25.0 Å². The minimum absolute atomic E-state index is 0.113. The van der Waals surface area contributed by atoms with Gasteiger partial charge in [-0.2, -0.15) is 0 Å². The lowest BCUT2D eigenvalue weighted by molar-refractivity contribution is -0.155. The van der Waals surface area contributed by atoms with Crippen molar-refractivity contribution in [2.45, 2.75) is 105 Å². The third-order valence-corrected chi connectivity index (χ3v) is 6.43. The first-order chi connectivity index (χ1) is 13.5. The third kappa shape index (κ3) is 9.43. The summed E-state index contributed by atoms with van der Waals surface area (Å²) in [6.45, 7) is 9.82. The molecule has 0 heterocycles. The molecule has 0 aromatic rings. The Kier molecular flexibility index (Phi) is 13.3. The van der Waals surface area contributed by atoms with Gasteiger partial charge in [0.2, 0.25) is 0 Å². The molecule has 1 fully saturated rings. The Morgan fingerprint density at radius 1 is 0.750 bits per heavy atom. The lowest BCUT2D eigenvalue weighted by Gasteiger charge is -2.27. The Hall–Kier alpha value is -1.06. The van der Waals surface area contributed by atoms with Crippen LogP contribution in [0.3, 0.4) is 0 Å². The normalized spacial score (nSPS) is 21.7. The smallest absolute Gasteiger partial charge is 0.308 e. The first-order valence-electron chi connectivity index (χ1n) is 11.9. The molecule has 1 aliphatic carbocycles.